The molecule has 82 heavy (non-hydrogen) atoms. The molecule has 1 amide bonds. The first-order valence-corrected chi connectivity index (χ1v) is 37.7. The van der Waals surface area contributed by atoms with Crippen LogP contribution in [-0.4, -0.2) is 74.3 Å². The molecule has 0 aromatic carbocycles. The minimum atomic E-state index is -4.45. The number of likely N-dealkylation sites (N-methyl/N-ethyl adjacent to an activating group) is 1. The number of unbranched alkanes of at least 4 members (excludes halogenated alkanes) is 49. The molecule has 0 heterocycles. The molecule has 3 atom stereocenters. The third kappa shape index (κ3) is 63.0. The number of carbonyl (C=O) groups is 2. The highest BCUT2D eigenvalue weighted by molar-refractivity contribution is 7.47. The van der Waals surface area contributed by atoms with Gasteiger partial charge in [-0.1, -0.05) is 328 Å². The largest absolute Gasteiger partial charge is 0.472 e. The molecule has 10 heteroatoms. The zero-order valence-electron chi connectivity index (χ0n) is 55.8. The van der Waals surface area contributed by atoms with Gasteiger partial charge in [0, 0.05) is 12.8 Å². The summed E-state index contributed by atoms with van der Waals surface area (Å²) in [6, 6.07) is -0.842. The normalized spacial score (nSPS) is 13.6. The van der Waals surface area contributed by atoms with Gasteiger partial charge in [-0.15, -0.1) is 0 Å². The number of phosphoric acid groups is 1. The maximum absolute atomic E-state index is 13.6. The van der Waals surface area contributed by atoms with Gasteiger partial charge in [-0.05, 0) is 57.4 Å². The summed E-state index contributed by atoms with van der Waals surface area (Å²) in [7, 11) is 1.52. The van der Waals surface area contributed by atoms with E-state index in [9.17, 15) is 19.0 Å². The van der Waals surface area contributed by atoms with E-state index in [1.54, 1.807) is 0 Å². The van der Waals surface area contributed by atoms with E-state index < -0.39 is 20.0 Å². The number of allylic oxidation sites excluding steroid dienone is 3. The van der Waals surface area contributed by atoms with Crippen molar-refractivity contribution in [2.24, 2.45) is 0 Å². The van der Waals surface area contributed by atoms with Crippen molar-refractivity contribution in [3.05, 3.63) is 24.3 Å². The summed E-state index contributed by atoms with van der Waals surface area (Å²) in [6.07, 6.45) is 76.2. The van der Waals surface area contributed by atoms with Gasteiger partial charge in [0.05, 0.1) is 33.8 Å². The summed E-state index contributed by atoms with van der Waals surface area (Å²) in [4.78, 5) is 37.9. The Morgan fingerprint density at radius 2 is 0.707 bits per heavy atom. The number of nitrogens with zero attached hydrogens (tertiary/aromatic N) is 1. The van der Waals surface area contributed by atoms with Gasteiger partial charge in [-0.25, -0.2) is 4.57 Å². The predicted octanol–water partition coefficient (Wildman–Crippen LogP) is 22.9. The smallest absolute Gasteiger partial charge is 0.456 e. The maximum atomic E-state index is 13.6. The van der Waals surface area contributed by atoms with Crippen LogP contribution in [0.1, 0.15) is 374 Å². The minimum absolute atomic E-state index is 0.0449. The minimum Gasteiger partial charge on any atom is -0.456 e. The lowest BCUT2D eigenvalue weighted by molar-refractivity contribution is -0.870. The zero-order valence-corrected chi connectivity index (χ0v) is 56.7. The number of esters is 1. The number of hydrogen-bond acceptors (Lipinski definition) is 6. The molecular weight excluding hydrogens is 1040 g/mol. The zero-order chi connectivity index (χ0) is 60.0. The number of rotatable bonds is 67. The average molecular weight is 1180 g/mol. The molecule has 0 aromatic heterocycles. The number of amides is 1. The highest BCUT2D eigenvalue weighted by Gasteiger charge is 2.30. The molecule has 9 nitrogen and oxygen atoms in total. The molecule has 0 aliphatic rings. The fourth-order valence-electron chi connectivity index (χ4n) is 11.1. The quantitative estimate of drug-likeness (QED) is 0.0205. The first kappa shape index (κ1) is 80.5. The van der Waals surface area contributed by atoms with E-state index in [2.05, 4.69) is 44.3 Å². The van der Waals surface area contributed by atoms with E-state index in [1.165, 1.54) is 283 Å². The van der Waals surface area contributed by atoms with Gasteiger partial charge in [0.15, 0.2) is 0 Å². The highest BCUT2D eigenvalue weighted by atomic mass is 31.2. The monoisotopic (exact) mass is 1180 g/mol. The van der Waals surface area contributed by atoms with Gasteiger partial charge < -0.3 is 19.4 Å². The molecule has 0 saturated carbocycles. The third-order valence-electron chi connectivity index (χ3n) is 16.6. The van der Waals surface area contributed by atoms with E-state index in [0.29, 0.717) is 23.9 Å². The Morgan fingerprint density at radius 1 is 0.415 bits per heavy atom. The summed E-state index contributed by atoms with van der Waals surface area (Å²) in [5, 5.41) is 3.08. The molecule has 3 unspecified atom stereocenters. The van der Waals surface area contributed by atoms with Crippen molar-refractivity contribution in [1.29, 1.82) is 0 Å². The molecule has 0 saturated heterocycles. The summed E-state index contributed by atoms with van der Waals surface area (Å²) in [5.74, 6) is -0.480. The van der Waals surface area contributed by atoms with E-state index in [4.69, 9.17) is 13.8 Å². The van der Waals surface area contributed by atoms with Gasteiger partial charge >= 0.3 is 13.8 Å². The Morgan fingerprint density at radius 3 is 1.04 bits per heavy atom. The fourth-order valence-corrected chi connectivity index (χ4v) is 11.8. The van der Waals surface area contributed by atoms with E-state index >= 15 is 0 Å². The van der Waals surface area contributed by atoms with Crippen LogP contribution in [0.5, 0.6) is 0 Å². The first-order valence-electron chi connectivity index (χ1n) is 36.2. The number of nitrogens with one attached hydrogen (secondary N) is 1. The second-order valence-electron chi connectivity index (χ2n) is 26.1. The van der Waals surface area contributed by atoms with E-state index in [1.807, 2.05) is 27.2 Å². The maximum Gasteiger partial charge on any atom is 0.472 e. The van der Waals surface area contributed by atoms with Crippen LogP contribution < -0.4 is 5.32 Å². The predicted molar refractivity (Wildman–Crippen MR) is 356 cm³/mol. The van der Waals surface area contributed by atoms with Crippen LogP contribution in [-0.2, 0) is 27.9 Å². The molecule has 0 fully saturated rings. The van der Waals surface area contributed by atoms with Gasteiger partial charge in [0.1, 0.15) is 19.3 Å². The Balaban J connectivity index is 4.95. The molecule has 0 spiro atoms. The van der Waals surface area contributed by atoms with Crippen LogP contribution in [0.3, 0.4) is 0 Å². The first-order chi connectivity index (χ1) is 39.9. The van der Waals surface area contributed by atoms with Crippen molar-refractivity contribution in [2.75, 3.05) is 40.9 Å². The van der Waals surface area contributed by atoms with Gasteiger partial charge in [0.25, 0.3) is 0 Å². The molecule has 0 bridgehead atoms. The number of quaternary nitrogens is 1. The van der Waals surface area contributed by atoms with Crippen LogP contribution in [0, 0.1) is 0 Å². The molecular formula is C72H142N2O7P+. The second kappa shape index (κ2) is 62.5. The third-order valence-corrected chi connectivity index (χ3v) is 17.6. The van der Waals surface area contributed by atoms with Crippen LogP contribution in [0.2, 0.25) is 0 Å². The van der Waals surface area contributed by atoms with Gasteiger partial charge in [0.2, 0.25) is 5.91 Å². The second-order valence-corrected chi connectivity index (χ2v) is 27.6. The Bertz CT molecular complexity index is 1450. The van der Waals surface area contributed by atoms with Gasteiger partial charge in [-0.3, -0.25) is 18.6 Å². The van der Waals surface area contributed by atoms with Crippen molar-refractivity contribution < 1.29 is 37.3 Å². The van der Waals surface area contributed by atoms with Crippen molar-refractivity contribution in [1.82, 2.24) is 5.32 Å². The van der Waals surface area contributed by atoms with Crippen molar-refractivity contribution in [3.63, 3.8) is 0 Å². The summed E-state index contributed by atoms with van der Waals surface area (Å²) in [5.41, 5.74) is 0. The lowest BCUT2D eigenvalue weighted by Crippen LogP contribution is -2.47. The van der Waals surface area contributed by atoms with Crippen LogP contribution in [0.25, 0.3) is 0 Å². The van der Waals surface area contributed by atoms with E-state index in [-0.39, 0.29) is 25.1 Å². The molecule has 2 N–H and O–H groups in total. The molecule has 486 valence electrons. The SMILES string of the molecule is CCCCCCCC/C=C/CCCCCCCCCCCCCCCCCCCC(=O)NC(COP(=O)(O)OCC[N+](C)(C)C)C(/C=C\CCCCCCCCCCCC)OC(=O)CCCCCCCCCCCCCCCCCCC. The lowest BCUT2D eigenvalue weighted by atomic mass is 10.0. The Hall–Kier alpha value is -1.51. The molecule has 0 aliphatic carbocycles. The van der Waals surface area contributed by atoms with E-state index in [0.717, 1.165) is 57.8 Å². The van der Waals surface area contributed by atoms with Crippen molar-refractivity contribution in [2.45, 2.75) is 386 Å². The Kier molecular flexibility index (Phi) is 61.4. The number of phosphoric ester groups is 1. The van der Waals surface area contributed by atoms with Crippen LogP contribution in [0.4, 0.5) is 0 Å². The standard InChI is InChI=1S/C72H141N2O7P/c1-7-10-13-16-19-22-25-28-30-32-33-34-35-36-37-38-39-40-41-43-44-46-49-52-55-58-61-64-71(75)73-69(68-80-82(77,78)79-67-66-74(4,5)6)70(63-60-57-54-51-48-27-24-21-18-15-12-9-3)81-72(76)65-62-59-56-53-50-47-45-42-31-29-26-23-20-17-14-11-8-2/h28,30,60,63,69-70H,7-27,29,31-59,61-62,64-68H2,1-6H3,(H-,73,75,77,78)/p+1/b30-28+,63-60-. The average Bonchev–Trinajstić information content (AvgIpc) is 3.47. The van der Waals surface area contributed by atoms with Crippen LogP contribution >= 0.6 is 7.82 Å². The van der Waals surface area contributed by atoms with Crippen molar-refractivity contribution in [3.8, 4) is 0 Å². The van der Waals surface area contributed by atoms with Gasteiger partial charge in [-0.2, -0.15) is 0 Å². The summed E-state index contributed by atoms with van der Waals surface area (Å²) >= 11 is 0. The lowest BCUT2D eigenvalue weighted by Gasteiger charge is -2.27. The highest BCUT2D eigenvalue weighted by Crippen LogP contribution is 2.43. The fraction of sp³-hybridized carbons (Fsp3) is 0.917. The number of carbonyl (C=O) groups excluding carboxylic acids is 2. The molecule has 0 aliphatic heterocycles. The summed E-state index contributed by atoms with van der Waals surface area (Å²) < 4.78 is 30.8. The number of ether oxygens (including phenoxy) is 1. The molecule has 0 rings (SSSR count). The Labute approximate surface area is 511 Å². The molecule has 0 radical (unpaired) electrons. The number of hydrogen-bond donors (Lipinski definition) is 2. The summed E-state index contributed by atoms with van der Waals surface area (Å²) in [6.45, 7) is 7.08. The topological polar surface area (TPSA) is 111 Å². The van der Waals surface area contributed by atoms with Crippen LogP contribution in [0.15, 0.2) is 24.3 Å². The molecule has 0 aromatic rings. The van der Waals surface area contributed by atoms with Crippen molar-refractivity contribution >= 4 is 19.7 Å².